The van der Waals surface area contributed by atoms with Gasteiger partial charge in [-0.25, -0.2) is 9.59 Å². The predicted octanol–water partition coefficient (Wildman–Crippen LogP) is 2.78. The molecule has 2 rings (SSSR count). The quantitative estimate of drug-likeness (QED) is 0.564. The molecule has 0 saturated heterocycles. The second-order valence-corrected chi connectivity index (χ2v) is 5.76. The van der Waals surface area contributed by atoms with Crippen LogP contribution in [0.1, 0.15) is 26.7 Å². The molecule has 0 aliphatic heterocycles. The van der Waals surface area contributed by atoms with Gasteiger partial charge in [-0.15, -0.1) is 0 Å². The van der Waals surface area contributed by atoms with E-state index in [0.717, 1.165) is 12.8 Å². The van der Waals surface area contributed by atoms with Gasteiger partial charge < -0.3 is 24.1 Å². The van der Waals surface area contributed by atoms with Crippen molar-refractivity contribution in [1.82, 2.24) is 0 Å². The monoisotopic (exact) mass is 336 g/mol. The van der Waals surface area contributed by atoms with Gasteiger partial charge in [0.2, 0.25) is 5.75 Å². The van der Waals surface area contributed by atoms with Crippen molar-refractivity contribution < 1.29 is 28.9 Å². The first kappa shape index (κ1) is 17.7. The molecule has 0 aliphatic rings. The van der Waals surface area contributed by atoms with Crippen molar-refractivity contribution in [3.63, 3.8) is 0 Å². The van der Waals surface area contributed by atoms with E-state index in [-0.39, 0.29) is 29.1 Å². The summed E-state index contributed by atoms with van der Waals surface area (Å²) in [6.45, 7) is 3.84. The highest BCUT2D eigenvalue weighted by molar-refractivity contribution is 5.91. The van der Waals surface area contributed by atoms with Gasteiger partial charge in [0.25, 0.3) is 0 Å². The van der Waals surface area contributed by atoms with Crippen LogP contribution in [0.25, 0.3) is 11.0 Å². The molecule has 2 N–H and O–H groups in total. The number of fused-ring (bicyclic) bond motifs is 1. The molecule has 130 valence electrons. The lowest BCUT2D eigenvalue weighted by molar-refractivity contribution is -0.139. The highest BCUT2D eigenvalue weighted by Crippen LogP contribution is 2.37. The molecule has 1 heterocycles. The fourth-order valence-corrected chi connectivity index (χ4v) is 2.24. The number of carbonyl (C=O) groups is 1. The molecule has 0 atom stereocenters. The lowest BCUT2D eigenvalue weighted by atomic mass is 10.1. The molecular formula is C17H20O7. The Morgan fingerprint density at radius 2 is 2.04 bits per heavy atom. The number of hydrogen-bond acceptors (Lipinski definition) is 6. The summed E-state index contributed by atoms with van der Waals surface area (Å²) in [6, 6.07) is 4.49. The molecule has 0 saturated carbocycles. The highest BCUT2D eigenvalue weighted by Gasteiger charge is 2.19. The van der Waals surface area contributed by atoms with Gasteiger partial charge in [-0.2, -0.15) is 0 Å². The van der Waals surface area contributed by atoms with Crippen molar-refractivity contribution >= 4 is 16.9 Å². The third-order valence-corrected chi connectivity index (χ3v) is 3.35. The average Bonchev–Trinajstić information content (AvgIpc) is 2.51. The number of rotatable bonds is 8. The van der Waals surface area contributed by atoms with Gasteiger partial charge in [0.05, 0.1) is 6.61 Å². The second-order valence-electron chi connectivity index (χ2n) is 5.76. The lowest BCUT2D eigenvalue weighted by Gasteiger charge is -2.12. The molecule has 0 unspecified atom stereocenters. The maximum Gasteiger partial charge on any atom is 0.383 e. The van der Waals surface area contributed by atoms with Crippen LogP contribution in [0.4, 0.5) is 0 Å². The summed E-state index contributed by atoms with van der Waals surface area (Å²) < 4.78 is 15.6. The Labute approximate surface area is 138 Å². The fraction of sp³-hybridized carbons (Fsp3) is 0.412. The minimum atomic E-state index is -1.16. The van der Waals surface area contributed by atoms with E-state index in [2.05, 4.69) is 13.8 Å². The van der Waals surface area contributed by atoms with Crippen LogP contribution in [0.3, 0.4) is 0 Å². The average molecular weight is 336 g/mol. The molecule has 1 aromatic heterocycles. The molecule has 0 aliphatic carbocycles. The van der Waals surface area contributed by atoms with E-state index in [1.807, 2.05) is 0 Å². The molecule has 0 spiro atoms. The molecule has 7 heteroatoms. The minimum absolute atomic E-state index is 0.0925. The van der Waals surface area contributed by atoms with Gasteiger partial charge in [-0.05, 0) is 30.9 Å². The van der Waals surface area contributed by atoms with E-state index >= 15 is 0 Å². The SMILES string of the molecule is CC(C)CCCOc1c(O)c2c(OCC(=O)O)cccc2oc1=O. The number of aromatic hydroxyl groups is 1. The van der Waals surface area contributed by atoms with Gasteiger partial charge >= 0.3 is 11.6 Å². The summed E-state index contributed by atoms with van der Waals surface area (Å²) in [5.41, 5.74) is -0.699. The Morgan fingerprint density at radius 1 is 1.29 bits per heavy atom. The van der Waals surface area contributed by atoms with Crippen LogP contribution in [-0.4, -0.2) is 29.4 Å². The van der Waals surface area contributed by atoms with Crippen molar-refractivity contribution in [1.29, 1.82) is 0 Å². The standard InChI is InChI=1S/C17H20O7/c1-10(2)5-4-8-22-16-15(20)14-11(23-9-13(18)19)6-3-7-12(14)24-17(16)21/h3,6-7,10,20H,4-5,8-9H2,1-2H3,(H,18,19). The third-order valence-electron chi connectivity index (χ3n) is 3.35. The maximum atomic E-state index is 12.0. The second kappa shape index (κ2) is 7.72. The smallest absolute Gasteiger partial charge is 0.383 e. The summed E-state index contributed by atoms with van der Waals surface area (Å²) in [5, 5.41) is 19.2. The Kier molecular flexibility index (Phi) is 5.68. The summed E-state index contributed by atoms with van der Waals surface area (Å²) in [7, 11) is 0. The Bertz CT molecular complexity index is 776. The van der Waals surface area contributed by atoms with E-state index in [9.17, 15) is 14.7 Å². The van der Waals surface area contributed by atoms with E-state index < -0.39 is 24.0 Å². The lowest BCUT2D eigenvalue weighted by Crippen LogP contribution is -2.11. The topological polar surface area (TPSA) is 106 Å². The number of carboxylic acid groups (broad SMARTS) is 1. The van der Waals surface area contributed by atoms with E-state index in [0.29, 0.717) is 5.92 Å². The van der Waals surface area contributed by atoms with Crippen LogP contribution < -0.4 is 15.1 Å². The van der Waals surface area contributed by atoms with Gasteiger partial charge in [0, 0.05) is 0 Å². The number of hydrogen-bond donors (Lipinski definition) is 2. The maximum absolute atomic E-state index is 12.0. The van der Waals surface area contributed by atoms with Gasteiger partial charge in [0.1, 0.15) is 16.7 Å². The van der Waals surface area contributed by atoms with Crippen LogP contribution >= 0.6 is 0 Å². The minimum Gasteiger partial charge on any atom is -0.503 e. The molecule has 0 radical (unpaired) electrons. The summed E-state index contributed by atoms with van der Waals surface area (Å²) in [4.78, 5) is 22.6. The summed E-state index contributed by atoms with van der Waals surface area (Å²) in [5.74, 6) is -1.26. The molecule has 0 fully saturated rings. The van der Waals surface area contributed by atoms with Crippen LogP contribution in [0.5, 0.6) is 17.2 Å². The fourth-order valence-electron chi connectivity index (χ4n) is 2.24. The van der Waals surface area contributed by atoms with E-state index in [4.69, 9.17) is 19.0 Å². The predicted molar refractivity (Wildman–Crippen MR) is 86.8 cm³/mol. The normalized spacial score (nSPS) is 11.0. The molecule has 0 bridgehead atoms. The Balaban J connectivity index is 2.33. The zero-order chi connectivity index (χ0) is 17.7. The molecule has 2 aromatic rings. The van der Waals surface area contributed by atoms with Crippen LogP contribution in [0.15, 0.2) is 27.4 Å². The first-order chi connectivity index (χ1) is 11.4. The van der Waals surface area contributed by atoms with Crippen LogP contribution in [0.2, 0.25) is 0 Å². The van der Waals surface area contributed by atoms with Crippen molar-refractivity contribution in [2.75, 3.05) is 13.2 Å². The van der Waals surface area contributed by atoms with Crippen molar-refractivity contribution in [3.8, 4) is 17.2 Å². The third kappa shape index (κ3) is 4.18. The Morgan fingerprint density at radius 3 is 2.71 bits per heavy atom. The highest BCUT2D eigenvalue weighted by atomic mass is 16.5. The number of aliphatic carboxylic acids is 1. The zero-order valence-electron chi connectivity index (χ0n) is 13.6. The van der Waals surface area contributed by atoms with E-state index in [1.54, 1.807) is 0 Å². The summed E-state index contributed by atoms with van der Waals surface area (Å²) >= 11 is 0. The molecule has 0 amide bonds. The number of ether oxygens (including phenoxy) is 2. The molecule has 7 nitrogen and oxygen atoms in total. The molecule has 24 heavy (non-hydrogen) atoms. The van der Waals surface area contributed by atoms with Crippen molar-refractivity contribution in [2.45, 2.75) is 26.7 Å². The van der Waals surface area contributed by atoms with Gasteiger partial charge in [-0.3, -0.25) is 0 Å². The van der Waals surface area contributed by atoms with Crippen LogP contribution in [0, 0.1) is 5.92 Å². The van der Waals surface area contributed by atoms with Gasteiger partial charge in [-0.1, -0.05) is 19.9 Å². The van der Waals surface area contributed by atoms with Crippen molar-refractivity contribution in [3.05, 3.63) is 28.6 Å². The number of benzene rings is 1. The van der Waals surface area contributed by atoms with Gasteiger partial charge in [0.15, 0.2) is 12.4 Å². The van der Waals surface area contributed by atoms with Crippen LogP contribution in [-0.2, 0) is 4.79 Å². The first-order valence-corrected chi connectivity index (χ1v) is 7.66. The summed E-state index contributed by atoms with van der Waals surface area (Å²) in [6.07, 6.45) is 1.65. The zero-order valence-corrected chi connectivity index (χ0v) is 13.6. The first-order valence-electron chi connectivity index (χ1n) is 7.66. The number of carboxylic acids is 1. The largest absolute Gasteiger partial charge is 0.503 e. The molecule has 1 aromatic carbocycles. The molecular weight excluding hydrogens is 316 g/mol. The van der Waals surface area contributed by atoms with E-state index in [1.165, 1.54) is 18.2 Å². The van der Waals surface area contributed by atoms with Crippen molar-refractivity contribution in [2.24, 2.45) is 5.92 Å². The Hall–Kier alpha value is -2.70.